The molecule has 1 N–H and O–H groups in total. The zero-order chi connectivity index (χ0) is 21.1. The first-order valence-electron chi connectivity index (χ1n) is 10.1. The molecule has 0 unspecified atom stereocenters. The van der Waals surface area contributed by atoms with E-state index in [0.29, 0.717) is 41.5 Å². The Morgan fingerprint density at radius 3 is 2.69 bits per heavy atom. The fraction of sp³-hybridized carbons (Fsp3) is 0.500. The molecule has 29 heavy (non-hydrogen) atoms. The summed E-state index contributed by atoms with van der Waals surface area (Å²) in [6.07, 6.45) is 3.16. The Labute approximate surface area is 169 Å². The summed E-state index contributed by atoms with van der Waals surface area (Å²) in [6.45, 7) is 5.36. The van der Waals surface area contributed by atoms with Crippen LogP contribution in [0.1, 0.15) is 56.2 Å². The summed E-state index contributed by atoms with van der Waals surface area (Å²) in [5.74, 6) is -1.37. The van der Waals surface area contributed by atoms with E-state index in [4.69, 9.17) is 9.15 Å². The van der Waals surface area contributed by atoms with Crippen molar-refractivity contribution in [3.05, 3.63) is 39.2 Å². The molecular formula is C22H26NO6-. The molecule has 0 radical (unpaired) electrons. The Bertz CT molecular complexity index is 993. The van der Waals surface area contributed by atoms with E-state index in [1.807, 2.05) is 13.8 Å². The van der Waals surface area contributed by atoms with Crippen molar-refractivity contribution in [3.63, 3.8) is 0 Å². The number of fused-ring (bicyclic) bond motifs is 3. The van der Waals surface area contributed by atoms with Crippen LogP contribution in [0.2, 0.25) is 0 Å². The molecule has 1 heterocycles. The number of hydrogen-bond donors (Lipinski definition) is 1. The highest BCUT2D eigenvalue weighted by Crippen LogP contribution is 2.35. The summed E-state index contributed by atoms with van der Waals surface area (Å²) in [6, 6.07) is 2.53. The van der Waals surface area contributed by atoms with Crippen molar-refractivity contribution >= 4 is 22.8 Å². The quantitative estimate of drug-likeness (QED) is 0.677. The molecule has 0 saturated heterocycles. The van der Waals surface area contributed by atoms with Gasteiger partial charge in [0.05, 0.1) is 17.4 Å². The van der Waals surface area contributed by atoms with Gasteiger partial charge in [-0.2, -0.15) is 0 Å². The van der Waals surface area contributed by atoms with Crippen LogP contribution < -0.4 is 20.8 Å². The number of hydrogen-bond acceptors (Lipinski definition) is 6. The number of carbonyl (C=O) groups is 2. The average molecular weight is 400 g/mol. The fourth-order valence-corrected chi connectivity index (χ4v) is 3.79. The Balaban J connectivity index is 1.87. The number of ether oxygens (including phenoxy) is 1. The second-order valence-corrected chi connectivity index (χ2v) is 7.62. The number of nitrogens with one attached hydrogen (secondary N) is 1. The highest BCUT2D eigenvalue weighted by atomic mass is 16.5. The number of amides is 1. The molecule has 0 spiro atoms. The summed E-state index contributed by atoms with van der Waals surface area (Å²) in [4.78, 5) is 36.0. The summed E-state index contributed by atoms with van der Waals surface area (Å²) >= 11 is 0. The zero-order valence-electron chi connectivity index (χ0n) is 17.0. The third-order valence-corrected chi connectivity index (χ3v) is 5.30. The first-order valence-corrected chi connectivity index (χ1v) is 10.1. The molecule has 2 aromatic rings. The van der Waals surface area contributed by atoms with E-state index < -0.39 is 24.0 Å². The monoisotopic (exact) mass is 400 g/mol. The van der Waals surface area contributed by atoms with Gasteiger partial charge in [0.1, 0.15) is 11.3 Å². The lowest BCUT2D eigenvalue weighted by Crippen LogP contribution is -2.51. The van der Waals surface area contributed by atoms with Crippen molar-refractivity contribution in [1.82, 2.24) is 5.32 Å². The average Bonchev–Trinajstić information content (AvgIpc) is 3.14. The molecule has 7 heteroatoms. The maximum absolute atomic E-state index is 12.5. The van der Waals surface area contributed by atoms with Gasteiger partial charge in [0, 0.05) is 5.56 Å². The molecular weight excluding hydrogens is 374 g/mol. The second-order valence-electron chi connectivity index (χ2n) is 7.62. The molecule has 0 saturated carbocycles. The van der Waals surface area contributed by atoms with Crippen molar-refractivity contribution in [3.8, 4) is 5.75 Å². The van der Waals surface area contributed by atoms with Gasteiger partial charge in [-0.15, -0.1) is 0 Å². The second kappa shape index (κ2) is 8.68. The molecule has 1 amide bonds. The fourth-order valence-electron chi connectivity index (χ4n) is 3.79. The van der Waals surface area contributed by atoms with Crippen molar-refractivity contribution in [2.45, 2.75) is 71.4 Å². The highest BCUT2D eigenvalue weighted by molar-refractivity contribution is 5.90. The maximum Gasteiger partial charge on any atom is 0.339 e. The van der Waals surface area contributed by atoms with Crippen LogP contribution in [0.4, 0.5) is 0 Å². The van der Waals surface area contributed by atoms with Crippen molar-refractivity contribution in [2.24, 2.45) is 0 Å². The molecule has 156 valence electrons. The van der Waals surface area contributed by atoms with Crippen LogP contribution in [0, 0.1) is 6.92 Å². The van der Waals surface area contributed by atoms with Crippen LogP contribution in [0.25, 0.3) is 11.0 Å². The van der Waals surface area contributed by atoms with Gasteiger partial charge in [-0.3, -0.25) is 4.79 Å². The lowest BCUT2D eigenvalue weighted by atomic mass is 10.0. The number of rotatable bonds is 8. The molecule has 7 nitrogen and oxygen atoms in total. The molecule has 1 aromatic carbocycles. The number of benzene rings is 1. The van der Waals surface area contributed by atoms with Gasteiger partial charge in [-0.1, -0.05) is 19.8 Å². The summed E-state index contributed by atoms with van der Waals surface area (Å²) in [5.41, 5.74) is 2.53. The van der Waals surface area contributed by atoms with Gasteiger partial charge >= 0.3 is 5.63 Å². The van der Waals surface area contributed by atoms with Gasteiger partial charge in [-0.25, -0.2) is 4.79 Å². The molecule has 1 aliphatic rings. The maximum atomic E-state index is 12.5. The van der Waals surface area contributed by atoms with Gasteiger partial charge in [-0.05, 0) is 62.8 Å². The van der Waals surface area contributed by atoms with E-state index in [9.17, 15) is 19.5 Å². The van der Waals surface area contributed by atoms with E-state index in [1.54, 1.807) is 19.1 Å². The third-order valence-electron chi connectivity index (χ3n) is 5.30. The summed E-state index contributed by atoms with van der Waals surface area (Å²) in [7, 11) is 0. The van der Waals surface area contributed by atoms with E-state index in [-0.39, 0.29) is 5.63 Å². The van der Waals surface area contributed by atoms with Gasteiger partial charge in [0.15, 0.2) is 6.10 Å². The van der Waals surface area contributed by atoms with Crippen molar-refractivity contribution in [2.75, 3.05) is 0 Å². The molecule has 1 aromatic heterocycles. The molecule has 1 aliphatic carbocycles. The number of carboxylic acids is 1. The number of carbonyl (C=O) groups excluding carboxylic acids is 2. The Kier molecular flexibility index (Phi) is 6.25. The Hall–Kier alpha value is -2.83. The van der Waals surface area contributed by atoms with Gasteiger partial charge in [0.2, 0.25) is 0 Å². The highest BCUT2D eigenvalue weighted by Gasteiger charge is 2.25. The van der Waals surface area contributed by atoms with Crippen molar-refractivity contribution < 1.29 is 23.8 Å². The largest absolute Gasteiger partial charge is 0.548 e. The number of aryl methyl sites for hydroxylation is 2. The first kappa shape index (κ1) is 20.9. The van der Waals surface area contributed by atoms with Crippen molar-refractivity contribution in [1.29, 1.82) is 0 Å². The number of aliphatic carboxylic acids is 1. The minimum Gasteiger partial charge on any atom is -0.548 e. The molecule has 0 fully saturated rings. The SMILES string of the molecule is CCCC[C@H](NC(=O)[C@@H](C)Oc1cc(C)cc2oc(=O)c3c(c12)CCC3)C(=O)[O-]. The minimum atomic E-state index is -1.31. The minimum absolute atomic E-state index is 0.309. The van der Waals surface area contributed by atoms with Crippen LogP contribution in [0.15, 0.2) is 21.3 Å². The van der Waals surface area contributed by atoms with Crippen LogP contribution in [-0.4, -0.2) is 24.0 Å². The van der Waals surface area contributed by atoms with E-state index in [1.165, 1.54) is 0 Å². The lowest BCUT2D eigenvalue weighted by Gasteiger charge is -2.23. The molecule has 0 aliphatic heterocycles. The Morgan fingerprint density at radius 1 is 1.28 bits per heavy atom. The summed E-state index contributed by atoms with van der Waals surface area (Å²) in [5, 5.41) is 14.5. The predicted molar refractivity (Wildman–Crippen MR) is 106 cm³/mol. The Morgan fingerprint density at radius 2 is 2.00 bits per heavy atom. The molecule has 3 rings (SSSR count). The third kappa shape index (κ3) is 4.44. The number of unbranched alkanes of at least 4 members (excludes halogenated alkanes) is 1. The van der Waals surface area contributed by atoms with Crippen LogP contribution >= 0.6 is 0 Å². The molecule has 0 bridgehead atoms. The predicted octanol–water partition coefficient (Wildman–Crippen LogP) is 1.78. The first-order chi connectivity index (χ1) is 13.8. The van der Waals surface area contributed by atoms with Gasteiger partial charge < -0.3 is 24.4 Å². The van der Waals surface area contributed by atoms with Crippen LogP contribution in [0.5, 0.6) is 5.75 Å². The smallest absolute Gasteiger partial charge is 0.339 e. The van der Waals surface area contributed by atoms with E-state index in [0.717, 1.165) is 30.4 Å². The van der Waals surface area contributed by atoms with E-state index >= 15 is 0 Å². The van der Waals surface area contributed by atoms with Crippen LogP contribution in [0.3, 0.4) is 0 Å². The molecule has 2 atom stereocenters. The van der Waals surface area contributed by atoms with E-state index in [2.05, 4.69) is 5.32 Å². The van der Waals surface area contributed by atoms with Crippen LogP contribution in [-0.2, 0) is 22.4 Å². The topological polar surface area (TPSA) is 109 Å². The van der Waals surface area contributed by atoms with Gasteiger partial charge in [0.25, 0.3) is 5.91 Å². The zero-order valence-corrected chi connectivity index (χ0v) is 17.0. The normalized spacial score (nSPS) is 15.0. The standard InChI is InChI=1S/C22H27NO6/c1-4-5-9-16(21(25)26)23-20(24)13(3)28-17-10-12(2)11-18-19(17)14-7-6-8-15(14)22(27)29-18/h10-11,13,16H,4-9H2,1-3H3,(H,23,24)(H,25,26)/p-1/t13-,16+/m1/s1. The lowest BCUT2D eigenvalue weighted by molar-refractivity contribution is -0.308. The summed E-state index contributed by atoms with van der Waals surface area (Å²) < 4.78 is 11.4. The number of carboxylic acid groups (broad SMARTS) is 1.